The second kappa shape index (κ2) is 4.04. The van der Waals surface area contributed by atoms with Crippen molar-refractivity contribution in [3.63, 3.8) is 0 Å². The summed E-state index contributed by atoms with van der Waals surface area (Å²) in [6.07, 6.45) is 3.19. The second-order valence-corrected chi connectivity index (χ2v) is 1.69. The van der Waals surface area contributed by atoms with E-state index in [2.05, 4.69) is 6.58 Å². The van der Waals surface area contributed by atoms with Crippen molar-refractivity contribution >= 4 is 5.78 Å². The molecular weight excluding hydrogens is 114 g/mol. The van der Waals surface area contributed by atoms with E-state index in [1.807, 2.05) is 0 Å². The summed E-state index contributed by atoms with van der Waals surface area (Å²) in [5.41, 5.74) is 5.84. The SMILES string of the molecule is C=C/C=C(\CN)C(C)=O. The summed E-state index contributed by atoms with van der Waals surface area (Å²) < 4.78 is 0. The second-order valence-electron chi connectivity index (χ2n) is 1.69. The zero-order valence-electron chi connectivity index (χ0n) is 5.55. The number of nitrogens with two attached hydrogens (primary N) is 1. The highest BCUT2D eigenvalue weighted by atomic mass is 16.1. The third-order valence-corrected chi connectivity index (χ3v) is 0.991. The summed E-state index contributed by atoms with van der Waals surface area (Å²) in [5, 5.41) is 0. The van der Waals surface area contributed by atoms with Crippen molar-refractivity contribution < 1.29 is 4.79 Å². The van der Waals surface area contributed by atoms with Crippen molar-refractivity contribution in [2.75, 3.05) is 6.54 Å². The van der Waals surface area contributed by atoms with Crippen LogP contribution in [0.5, 0.6) is 0 Å². The Balaban J connectivity index is 4.14. The zero-order chi connectivity index (χ0) is 7.28. The van der Waals surface area contributed by atoms with Crippen LogP contribution in [0.15, 0.2) is 24.3 Å². The summed E-state index contributed by atoms with van der Waals surface area (Å²) in [6, 6.07) is 0. The highest BCUT2D eigenvalue weighted by Gasteiger charge is 1.96. The third kappa shape index (κ3) is 2.82. The Morgan fingerprint density at radius 3 is 2.44 bits per heavy atom. The van der Waals surface area contributed by atoms with Crippen LogP contribution >= 0.6 is 0 Å². The maximum Gasteiger partial charge on any atom is 0.157 e. The lowest BCUT2D eigenvalue weighted by Gasteiger charge is -1.93. The summed E-state index contributed by atoms with van der Waals surface area (Å²) in [7, 11) is 0. The fraction of sp³-hybridized carbons (Fsp3) is 0.286. The fourth-order valence-electron chi connectivity index (χ4n) is 0.471. The molecule has 0 aromatic heterocycles. The van der Waals surface area contributed by atoms with E-state index in [-0.39, 0.29) is 5.78 Å². The van der Waals surface area contributed by atoms with E-state index in [0.717, 1.165) is 0 Å². The van der Waals surface area contributed by atoms with Gasteiger partial charge in [-0.15, -0.1) is 0 Å². The number of rotatable bonds is 3. The first-order valence-electron chi connectivity index (χ1n) is 2.75. The van der Waals surface area contributed by atoms with Gasteiger partial charge in [0.15, 0.2) is 5.78 Å². The quantitative estimate of drug-likeness (QED) is 0.444. The van der Waals surface area contributed by atoms with Crippen LogP contribution < -0.4 is 5.73 Å². The highest BCUT2D eigenvalue weighted by molar-refractivity contribution is 5.93. The molecule has 0 saturated heterocycles. The zero-order valence-corrected chi connectivity index (χ0v) is 5.55. The predicted molar refractivity (Wildman–Crippen MR) is 38.0 cm³/mol. The highest BCUT2D eigenvalue weighted by Crippen LogP contribution is 1.91. The van der Waals surface area contributed by atoms with Crippen molar-refractivity contribution in [1.82, 2.24) is 0 Å². The molecule has 0 aliphatic rings. The van der Waals surface area contributed by atoms with Gasteiger partial charge in [0.25, 0.3) is 0 Å². The lowest BCUT2D eigenvalue weighted by atomic mass is 10.2. The molecule has 0 fully saturated rings. The monoisotopic (exact) mass is 125 g/mol. The molecule has 0 rings (SSSR count). The van der Waals surface area contributed by atoms with Gasteiger partial charge in [0, 0.05) is 12.1 Å². The molecule has 2 N–H and O–H groups in total. The molecular formula is C7H11NO. The normalized spacial score (nSPS) is 11.1. The predicted octanol–water partition coefficient (Wildman–Crippen LogP) is 0.646. The first kappa shape index (κ1) is 8.11. The van der Waals surface area contributed by atoms with Crippen molar-refractivity contribution in [3.05, 3.63) is 24.3 Å². The standard InChI is InChI=1S/C7H11NO/c1-3-4-7(5-8)6(2)9/h3-4H,1,5,8H2,2H3/b7-4+. The molecule has 0 bridgehead atoms. The molecule has 0 spiro atoms. The van der Waals surface area contributed by atoms with Crippen molar-refractivity contribution in [2.45, 2.75) is 6.92 Å². The van der Waals surface area contributed by atoms with Crippen molar-refractivity contribution in [2.24, 2.45) is 5.73 Å². The van der Waals surface area contributed by atoms with Gasteiger partial charge in [0.1, 0.15) is 0 Å². The van der Waals surface area contributed by atoms with E-state index in [4.69, 9.17) is 5.73 Å². The molecule has 2 nitrogen and oxygen atoms in total. The summed E-state index contributed by atoms with van der Waals surface area (Å²) >= 11 is 0. The Morgan fingerprint density at radius 1 is 1.78 bits per heavy atom. The van der Waals surface area contributed by atoms with Crippen LogP contribution in [-0.2, 0) is 4.79 Å². The number of hydrogen-bond donors (Lipinski definition) is 1. The molecule has 0 heterocycles. The minimum atomic E-state index is 0.0115. The van der Waals surface area contributed by atoms with Gasteiger partial charge in [-0.3, -0.25) is 4.79 Å². The molecule has 0 unspecified atom stereocenters. The first-order chi connectivity index (χ1) is 4.22. The van der Waals surface area contributed by atoms with E-state index in [0.29, 0.717) is 12.1 Å². The topological polar surface area (TPSA) is 43.1 Å². The van der Waals surface area contributed by atoms with E-state index in [1.54, 1.807) is 12.2 Å². The van der Waals surface area contributed by atoms with E-state index < -0.39 is 0 Å². The lowest BCUT2D eigenvalue weighted by Crippen LogP contribution is -2.09. The molecule has 50 valence electrons. The molecule has 2 heteroatoms. The number of carbonyl (C=O) groups excluding carboxylic acids is 1. The lowest BCUT2D eigenvalue weighted by molar-refractivity contribution is -0.113. The van der Waals surface area contributed by atoms with Gasteiger partial charge in [-0.1, -0.05) is 18.7 Å². The van der Waals surface area contributed by atoms with E-state index >= 15 is 0 Å². The van der Waals surface area contributed by atoms with Gasteiger partial charge in [-0.25, -0.2) is 0 Å². The van der Waals surface area contributed by atoms with Crippen LogP contribution in [0.1, 0.15) is 6.92 Å². The smallest absolute Gasteiger partial charge is 0.157 e. The molecule has 0 amide bonds. The third-order valence-electron chi connectivity index (χ3n) is 0.991. The van der Waals surface area contributed by atoms with Gasteiger partial charge in [0.05, 0.1) is 0 Å². The van der Waals surface area contributed by atoms with Gasteiger partial charge < -0.3 is 5.73 Å². The van der Waals surface area contributed by atoms with E-state index in [1.165, 1.54) is 6.92 Å². The fourth-order valence-corrected chi connectivity index (χ4v) is 0.471. The molecule has 0 saturated carbocycles. The maximum atomic E-state index is 10.6. The number of Topliss-reactive ketones (excluding diaryl/α,β-unsaturated/α-hetero) is 1. The number of allylic oxidation sites excluding steroid dienone is 2. The Kier molecular flexibility index (Phi) is 3.64. The van der Waals surface area contributed by atoms with Crippen LogP contribution in [0.25, 0.3) is 0 Å². The minimum absolute atomic E-state index is 0.0115. The molecule has 0 aromatic carbocycles. The van der Waals surface area contributed by atoms with Crippen LogP contribution in [-0.4, -0.2) is 12.3 Å². The minimum Gasteiger partial charge on any atom is -0.326 e. The van der Waals surface area contributed by atoms with Gasteiger partial charge in [-0.05, 0) is 6.92 Å². The summed E-state index contributed by atoms with van der Waals surface area (Å²) in [4.78, 5) is 10.6. The van der Waals surface area contributed by atoms with Crippen LogP contribution in [0.3, 0.4) is 0 Å². The Labute approximate surface area is 55.1 Å². The average molecular weight is 125 g/mol. The molecule has 0 aliphatic heterocycles. The van der Waals surface area contributed by atoms with Gasteiger partial charge in [0.2, 0.25) is 0 Å². The van der Waals surface area contributed by atoms with Gasteiger partial charge >= 0.3 is 0 Å². The molecule has 0 radical (unpaired) electrons. The van der Waals surface area contributed by atoms with Crippen LogP contribution in [0.2, 0.25) is 0 Å². The van der Waals surface area contributed by atoms with Crippen LogP contribution in [0.4, 0.5) is 0 Å². The maximum absolute atomic E-state index is 10.6. The average Bonchev–Trinajstić information content (AvgIpc) is 1.82. The Morgan fingerprint density at radius 2 is 2.33 bits per heavy atom. The summed E-state index contributed by atoms with van der Waals surface area (Å²) in [5.74, 6) is 0.0115. The molecule has 0 aliphatic carbocycles. The van der Waals surface area contributed by atoms with Gasteiger partial charge in [-0.2, -0.15) is 0 Å². The Bertz CT molecular complexity index is 147. The molecule has 9 heavy (non-hydrogen) atoms. The van der Waals surface area contributed by atoms with E-state index in [9.17, 15) is 4.79 Å². The Hall–Kier alpha value is -0.890. The number of hydrogen-bond acceptors (Lipinski definition) is 2. The van der Waals surface area contributed by atoms with Crippen molar-refractivity contribution in [3.8, 4) is 0 Å². The molecule has 0 atom stereocenters. The number of carbonyl (C=O) groups is 1. The largest absolute Gasteiger partial charge is 0.326 e. The van der Waals surface area contributed by atoms with Crippen LogP contribution in [0, 0.1) is 0 Å². The molecule has 0 aromatic rings. The van der Waals surface area contributed by atoms with Crippen molar-refractivity contribution in [1.29, 1.82) is 0 Å². The summed E-state index contributed by atoms with van der Waals surface area (Å²) in [6.45, 7) is 5.23. The first-order valence-corrected chi connectivity index (χ1v) is 2.75. The number of ketones is 1.